The van der Waals surface area contributed by atoms with Gasteiger partial charge >= 0.3 is 6.09 Å². The summed E-state index contributed by atoms with van der Waals surface area (Å²) in [5.41, 5.74) is 0.436. The normalized spacial score (nSPS) is 10.8. The lowest BCUT2D eigenvalue weighted by Crippen LogP contribution is -2.37. The van der Waals surface area contributed by atoms with Gasteiger partial charge < -0.3 is 9.64 Å². The van der Waals surface area contributed by atoms with Gasteiger partial charge in [-0.15, -0.1) is 12.3 Å². The maximum Gasteiger partial charge on any atom is 0.410 e. The summed E-state index contributed by atoms with van der Waals surface area (Å²) in [6.07, 6.45) is 6.86. The molecule has 1 aromatic rings. The van der Waals surface area contributed by atoms with E-state index in [1.807, 2.05) is 51.1 Å². The number of hydrogen-bond donors (Lipinski definition) is 0. The lowest BCUT2D eigenvalue weighted by molar-refractivity contribution is -0.119. The van der Waals surface area contributed by atoms with Gasteiger partial charge in [-0.05, 0) is 32.8 Å². The van der Waals surface area contributed by atoms with Crippen molar-refractivity contribution >= 4 is 11.9 Å². The maximum absolute atomic E-state index is 12.4. The third kappa shape index (κ3) is 8.38. The largest absolute Gasteiger partial charge is 0.444 e. The SMILES string of the molecule is C#CCCCC(=O)CCN(Cc1ccccc1)C(=O)OC(C)(C)C. The fourth-order valence-corrected chi connectivity index (χ4v) is 2.14. The number of nitrogens with zero attached hydrogens (tertiary/aromatic N) is 1. The van der Waals surface area contributed by atoms with E-state index in [-0.39, 0.29) is 5.78 Å². The molecule has 0 saturated carbocycles. The van der Waals surface area contributed by atoms with Gasteiger partial charge in [-0.2, -0.15) is 0 Å². The minimum absolute atomic E-state index is 0.117. The first-order valence-electron chi connectivity index (χ1n) is 8.29. The number of terminal acetylenes is 1. The molecule has 0 aliphatic carbocycles. The highest BCUT2D eigenvalue weighted by Crippen LogP contribution is 2.13. The van der Waals surface area contributed by atoms with E-state index in [1.165, 1.54) is 0 Å². The van der Waals surface area contributed by atoms with Crippen LogP contribution in [0, 0.1) is 12.3 Å². The summed E-state index contributed by atoms with van der Waals surface area (Å²) < 4.78 is 5.45. The Labute approximate surface area is 145 Å². The predicted molar refractivity (Wildman–Crippen MR) is 95.4 cm³/mol. The highest BCUT2D eigenvalue weighted by atomic mass is 16.6. The van der Waals surface area contributed by atoms with Gasteiger partial charge in [0.1, 0.15) is 11.4 Å². The summed E-state index contributed by atoms with van der Waals surface area (Å²) in [7, 11) is 0. The maximum atomic E-state index is 12.4. The second kappa shape index (κ2) is 9.77. The number of rotatable bonds is 8. The fourth-order valence-electron chi connectivity index (χ4n) is 2.14. The molecule has 0 aromatic heterocycles. The smallest absolute Gasteiger partial charge is 0.410 e. The Morgan fingerprint density at radius 1 is 1.17 bits per heavy atom. The number of carbonyl (C=O) groups excluding carboxylic acids is 2. The second-order valence-corrected chi connectivity index (χ2v) is 6.73. The molecule has 0 fully saturated rings. The van der Waals surface area contributed by atoms with E-state index in [0.717, 1.165) is 5.56 Å². The summed E-state index contributed by atoms with van der Waals surface area (Å²) in [6, 6.07) is 9.68. The first-order valence-corrected chi connectivity index (χ1v) is 8.29. The molecule has 0 radical (unpaired) electrons. The molecule has 1 rings (SSSR count). The zero-order chi connectivity index (χ0) is 18.0. The third-order valence-electron chi connectivity index (χ3n) is 3.31. The average Bonchev–Trinajstić information content (AvgIpc) is 2.51. The zero-order valence-electron chi connectivity index (χ0n) is 14.9. The van der Waals surface area contributed by atoms with Crippen LogP contribution in [-0.2, 0) is 16.1 Å². The third-order valence-corrected chi connectivity index (χ3v) is 3.31. The van der Waals surface area contributed by atoms with Crippen molar-refractivity contribution in [3.63, 3.8) is 0 Å². The van der Waals surface area contributed by atoms with Gasteiger partial charge in [0.15, 0.2) is 0 Å². The molecule has 0 saturated heterocycles. The predicted octanol–water partition coefficient (Wildman–Crippen LogP) is 4.19. The van der Waals surface area contributed by atoms with E-state index in [2.05, 4.69) is 5.92 Å². The van der Waals surface area contributed by atoms with Crippen molar-refractivity contribution in [2.24, 2.45) is 0 Å². The van der Waals surface area contributed by atoms with Gasteiger partial charge in [0, 0.05) is 32.4 Å². The van der Waals surface area contributed by atoms with Gasteiger partial charge in [0.05, 0.1) is 0 Å². The molecule has 24 heavy (non-hydrogen) atoms. The quantitative estimate of drug-likeness (QED) is 0.531. The Balaban J connectivity index is 2.65. The topological polar surface area (TPSA) is 46.6 Å². The van der Waals surface area contributed by atoms with E-state index in [1.54, 1.807) is 4.90 Å². The molecule has 1 aromatic carbocycles. The molecule has 0 heterocycles. The van der Waals surface area contributed by atoms with Crippen LogP contribution < -0.4 is 0 Å². The van der Waals surface area contributed by atoms with Crippen molar-refractivity contribution < 1.29 is 14.3 Å². The lowest BCUT2D eigenvalue weighted by Gasteiger charge is -2.27. The molecular formula is C20H27NO3. The van der Waals surface area contributed by atoms with Crippen LogP contribution >= 0.6 is 0 Å². The van der Waals surface area contributed by atoms with Crippen LogP contribution in [0.2, 0.25) is 0 Å². The molecule has 0 N–H and O–H groups in total. The summed E-state index contributed by atoms with van der Waals surface area (Å²) >= 11 is 0. The Hall–Kier alpha value is -2.28. The minimum Gasteiger partial charge on any atom is -0.444 e. The number of unbranched alkanes of at least 4 members (excludes halogenated alkanes) is 1. The molecule has 0 unspecified atom stereocenters. The number of ketones is 1. The summed E-state index contributed by atoms with van der Waals surface area (Å²) in [6.45, 7) is 6.26. The molecule has 1 amide bonds. The highest BCUT2D eigenvalue weighted by molar-refractivity contribution is 5.79. The van der Waals surface area contributed by atoms with Crippen molar-refractivity contribution in [3.8, 4) is 12.3 Å². The lowest BCUT2D eigenvalue weighted by atomic mass is 10.1. The van der Waals surface area contributed by atoms with Crippen molar-refractivity contribution in [3.05, 3.63) is 35.9 Å². The van der Waals surface area contributed by atoms with Crippen molar-refractivity contribution in [1.82, 2.24) is 4.90 Å². The highest BCUT2D eigenvalue weighted by Gasteiger charge is 2.22. The first-order chi connectivity index (χ1) is 11.3. The number of carbonyl (C=O) groups is 2. The molecule has 0 bridgehead atoms. The van der Waals surface area contributed by atoms with E-state index < -0.39 is 11.7 Å². The van der Waals surface area contributed by atoms with Crippen molar-refractivity contribution in [2.75, 3.05) is 6.54 Å². The van der Waals surface area contributed by atoms with Gasteiger partial charge in [0.25, 0.3) is 0 Å². The van der Waals surface area contributed by atoms with Crippen LogP contribution in [0.4, 0.5) is 4.79 Å². The van der Waals surface area contributed by atoms with Crippen LogP contribution in [0.15, 0.2) is 30.3 Å². The number of amides is 1. The minimum atomic E-state index is -0.567. The van der Waals surface area contributed by atoms with Crippen LogP contribution in [0.1, 0.15) is 52.0 Å². The van der Waals surface area contributed by atoms with E-state index in [0.29, 0.717) is 38.8 Å². The van der Waals surface area contributed by atoms with Crippen molar-refractivity contribution in [2.45, 2.75) is 58.6 Å². The van der Waals surface area contributed by atoms with Crippen LogP contribution in [-0.4, -0.2) is 28.9 Å². The van der Waals surface area contributed by atoms with E-state index >= 15 is 0 Å². The second-order valence-electron chi connectivity index (χ2n) is 6.73. The standard InChI is InChI=1S/C20H27NO3/c1-5-6-8-13-18(22)14-15-21(19(23)24-20(2,3)4)16-17-11-9-7-10-12-17/h1,7,9-12H,6,8,13-16H2,2-4H3. The fraction of sp³-hybridized carbons (Fsp3) is 0.500. The number of hydrogen-bond acceptors (Lipinski definition) is 3. The van der Waals surface area contributed by atoms with Gasteiger partial charge in [-0.3, -0.25) is 4.79 Å². The van der Waals surface area contributed by atoms with Crippen LogP contribution in [0.25, 0.3) is 0 Å². The van der Waals surface area contributed by atoms with Crippen LogP contribution in [0.3, 0.4) is 0 Å². The van der Waals surface area contributed by atoms with E-state index in [9.17, 15) is 9.59 Å². The monoisotopic (exact) mass is 329 g/mol. The van der Waals surface area contributed by atoms with Gasteiger partial charge in [0.2, 0.25) is 0 Å². The molecule has 0 spiro atoms. The summed E-state index contributed by atoms with van der Waals surface area (Å²) in [4.78, 5) is 25.9. The summed E-state index contributed by atoms with van der Waals surface area (Å²) in [5.74, 6) is 2.65. The van der Waals surface area contributed by atoms with E-state index in [4.69, 9.17) is 11.2 Å². The number of benzene rings is 1. The Kier molecular flexibility index (Phi) is 8.05. The first kappa shape index (κ1) is 19.8. The Bertz CT molecular complexity index is 567. The molecule has 4 nitrogen and oxygen atoms in total. The number of Topliss-reactive ketones (excluding diaryl/α,β-unsaturated/α-hetero) is 1. The zero-order valence-corrected chi connectivity index (χ0v) is 14.9. The molecule has 4 heteroatoms. The molecule has 0 aliphatic rings. The molecular weight excluding hydrogens is 302 g/mol. The number of ether oxygens (including phenoxy) is 1. The van der Waals surface area contributed by atoms with Crippen LogP contribution in [0.5, 0.6) is 0 Å². The average molecular weight is 329 g/mol. The molecule has 0 aliphatic heterocycles. The van der Waals surface area contributed by atoms with Crippen molar-refractivity contribution in [1.29, 1.82) is 0 Å². The molecule has 130 valence electrons. The molecule has 0 atom stereocenters. The van der Waals surface area contributed by atoms with Gasteiger partial charge in [-0.25, -0.2) is 4.79 Å². The summed E-state index contributed by atoms with van der Waals surface area (Å²) in [5, 5.41) is 0. The Morgan fingerprint density at radius 3 is 2.42 bits per heavy atom. The Morgan fingerprint density at radius 2 is 1.83 bits per heavy atom. The van der Waals surface area contributed by atoms with Gasteiger partial charge in [-0.1, -0.05) is 30.3 Å².